The molecule has 14 heavy (non-hydrogen) atoms. The number of hydrogen-bond donors (Lipinski definition) is 1. The van der Waals surface area contributed by atoms with E-state index in [9.17, 15) is 9.59 Å². The summed E-state index contributed by atoms with van der Waals surface area (Å²) >= 11 is 1.09. The van der Waals surface area contributed by atoms with Crippen LogP contribution < -0.4 is 4.90 Å². The van der Waals surface area contributed by atoms with E-state index in [-0.39, 0.29) is 18.9 Å². The molecule has 1 aromatic rings. The zero-order chi connectivity index (χ0) is 10.1. The first-order valence-corrected chi connectivity index (χ1v) is 4.76. The number of nitrogens with zero attached hydrogens (tertiary/aromatic N) is 3. The molecule has 1 N–H and O–H groups in total. The van der Waals surface area contributed by atoms with Crippen LogP contribution in [0.4, 0.5) is 5.00 Å². The van der Waals surface area contributed by atoms with Crippen molar-refractivity contribution in [1.29, 1.82) is 0 Å². The van der Waals surface area contributed by atoms with Gasteiger partial charge in [0, 0.05) is 24.5 Å². The van der Waals surface area contributed by atoms with E-state index in [0.29, 0.717) is 5.00 Å². The van der Waals surface area contributed by atoms with Crippen LogP contribution >= 0.6 is 11.5 Å². The minimum absolute atomic E-state index is 0.0627. The summed E-state index contributed by atoms with van der Waals surface area (Å²) in [4.78, 5) is 23.5. The normalized spacial score (nSPS) is 21.6. The van der Waals surface area contributed by atoms with Gasteiger partial charge >= 0.3 is 5.97 Å². The summed E-state index contributed by atoms with van der Waals surface area (Å²) < 4.78 is 3.62. The van der Waals surface area contributed by atoms with Crippen molar-refractivity contribution in [3.8, 4) is 0 Å². The predicted octanol–water partition coefficient (Wildman–Crippen LogP) is -0.0244. The van der Waals surface area contributed by atoms with Gasteiger partial charge in [-0.1, -0.05) is 4.49 Å². The fraction of sp³-hybridized carbons (Fsp3) is 0.429. The molecule has 0 saturated carbocycles. The van der Waals surface area contributed by atoms with Gasteiger partial charge in [-0.25, -0.2) is 0 Å². The molecule has 1 aliphatic rings. The van der Waals surface area contributed by atoms with E-state index in [2.05, 4.69) is 9.59 Å². The molecule has 0 bridgehead atoms. The molecule has 1 unspecified atom stereocenters. The number of carboxylic acids is 1. The number of carboxylic acid groups (broad SMARTS) is 1. The zero-order valence-corrected chi connectivity index (χ0v) is 7.90. The highest BCUT2D eigenvalue weighted by atomic mass is 32.1. The van der Waals surface area contributed by atoms with Crippen molar-refractivity contribution in [1.82, 2.24) is 9.59 Å². The molecule has 1 atom stereocenters. The molecule has 0 spiro atoms. The molecule has 1 fully saturated rings. The molecule has 1 aromatic heterocycles. The maximum Gasteiger partial charge on any atom is 0.308 e. The van der Waals surface area contributed by atoms with E-state index in [4.69, 9.17) is 5.11 Å². The summed E-state index contributed by atoms with van der Waals surface area (Å²) in [5.74, 6) is -1.72. The number of rotatable bonds is 2. The minimum Gasteiger partial charge on any atom is -0.481 e. The van der Waals surface area contributed by atoms with Gasteiger partial charge in [0.05, 0.1) is 12.1 Å². The standard InChI is InChI=1S/C7H7N3O3S/c11-5-1-4(7(12)13)3-10(5)6-2-8-9-14-6/h2,4H,1,3H2,(H,12,13). The Morgan fingerprint density at radius 2 is 2.50 bits per heavy atom. The number of aromatic nitrogens is 2. The maximum atomic E-state index is 11.4. The lowest BCUT2D eigenvalue weighted by molar-refractivity contribution is -0.141. The fourth-order valence-electron chi connectivity index (χ4n) is 1.37. The van der Waals surface area contributed by atoms with E-state index >= 15 is 0 Å². The molecule has 7 heteroatoms. The van der Waals surface area contributed by atoms with Crippen LogP contribution in [-0.2, 0) is 9.59 Å². The summed E-state index contributed by atoms with van der Waals surface area (Å²) in [6.07, 6.45) is 1.53. The van der Waals surface area contributed by atoms with Crippen LogP contribution in [0.15, 0.2) is 6.20 Å². The summed E-state index contributed by atoms with van der Waals surface area (Å²) in [6, 6.07) is 0. The number of carbonyl (C=O) groups is 2. The van der Waals surface area contributed by atoms with Crippen LogP contribution in [0, 0.1) is 5.92 Å². The lowest BCUT2D eigenvalue weighted by Gasteiger charge is -2.10. The molecule has 2 rings (SSSR count). The molecule has 2 heterocycles. The second-order valence-corrected chi connectivity index (χ2v) is 3.76. The van der Waals surface area contributed by atoms with Crippen molar-refractivity contribution in [2.24, 2.45) is 5.92 Å². The summed E-state index contributed by atoms with van der Waals surface area (Å²) in [5.41, 5.74) is 0. The molecule has 1 amide bonds. The summed E-state index contributed by atoms with van der Waals surface area (Å²) in [5, 5.41) is 12.9. The van der Waals surface area contributed by atoms with Gasteiger partial charge in [-0.15, -0.1) is 5.10 Å². The second-order valence-electron chi connectivity index (χ2n) is 3.00. The molecule has 0 aliphatic carbocycles. The van der Waals surface area contributed by atoms with Crippen LogP contribution in [0.3, 0.4) is 0 Å². The Balaban J connectivity index is 2.16. The van der Waals surface area contributed by atoms with Crippen molar-refractivity contribution in [3.05, 3.63) is 6.20 Å². The number of aliphatic carboxylic acids is 1. The minimum atomic E-state index is -0.932. The highest BCUT2D eigenvalue weighted by Gasteiger charge is 2.35. The Morgan fingerprint density at radius 3 is 3.00 bits per heavy atom. The average molecular weight is 213 g/mol. The molecule has 74 valence electrons. The molecular weight excluding hydrogens is 206 g/mol. The summed E-state index contributed by atoms with van der Waals surface area (Å²) in [6.45, 7) is 0.220. The number of carbonyl (C=O) groups excluding carboxylic acids is 1. The first-order valence-electron chi connectivity index (χ1n) is 3.99. The van der Waals surface area contributed by atoms with E-state index < -0.39 is 11.9 Å². The highest BCUT2D eigenvalue weighted by molar-refractivity contribution is 7.10. The fourth-order valence-corrected chi connectivity index (χ4v) is 1.91. The molecule has 1 saturated heterocycles. The second kappa shape index (κ2) is 3.33. The van der Waals surface area contributed by atoms with Crippen LogP contribution in [0.25, 0.3) is 0 Å². The number of amides is 1. The lowest BCUT2D eigenvalue weighted by Crippen LogP contribution is -2.24. The number of hydrogen-bond acceptors (Lipinski definition) is 5. The lowest BCUT2D eigenvalue weighted by atomic mass is 10.1. The van der Waals surface area contributed by atoms with Gasteiger partial charge in [0.2, 0.25) is 5.91 Å². The molecular formula is C7H7N3O3S. The van der Waals surface area contributed by atoms with Gasteiger partial charge in [0.15, 0.2) is 0 Å². The van der Waals surface area contributed by atoms with Crippen LogP contribution in [0.5, 0.6) is 0 Å². The van der Waals surface area contributed by atoms with E-state index in [1.807, 2.05) is 0 Å². The van der Waals surface area contributed by atoms with E-state index in [1.165, 1.54) is 11.1 Å². The van der Waals surface area contributed by atoms with Crippen molar-refractivity contribution in [3.63, 3.8) is 0 Å². The van der Waals surface area contributed by atoms with Crippen molar-refractivity contribution < 1.29 is 14.7 Å². The molecule has 0 radical (unpaired) electrons. The highest BCUT2D eigenvalue weighted by Crippen LogP contribution is 2.26. The van der Waals surface area contributed by atoms with Crippen LogP contribution in [0.2, 0.25) is 0 Å². The maximum absolute atomic E-state index is 11.4. The zero-order valence-electron chi connectivity index (χ0n) is 7.08. The molecule has 6 nitrogen and oxygen atoms in total. The Labute approximate surface area is 83.3 Å². The predicted molar refractivity (Wildman–Crippen MR) is 48.0 cm³/mol. The van der Waals surface area contributed by atoms with Crippen LogP contribution in [-0.4, -0.2) is 33.1 Å². The molecule has 0 aromatic carbocycles. The van der Waals surface area contributed by atoms with Gasteiger partial charge in [-0.2, -0.15) is 0 Å². The third-order valence-electron chi connectivity index (χ3n) is 2.09. The SMILES string of the molecule is O=C(O)C1CC(=O)N(c2cnns2)C1. The van der Waals surface area contributed by atoms with E-state index in [1.54, 1.807) is 0 Å². The van der Waals surface area contributed by atoms with Crippen molar-refractivity contribution >= 4 is 28.4 Å². The van der Waals surface area contributed by atoms with Gasteiger partial charge in [0.25, 0.3) is 0 Å². The van der Waals surface area contributed by atoms with Crippen molar-refractivity contribution in [2.75, 3.05) is 11.4 Å². The van der Waals surface area contributed by atoms with E-state index in [0.717, 1.165) is 11.5 Å². The summed E-state index contributed by atoms with van der Waals surface area (Å²) in [7, 11) is 0. The Hall–Kier alpha value is -1.50. The third-order valence-corrected chi connectivity index (χ3v) is 2.78. The van der Waals surface area contributed by atoms with Crippen molar-refractivity contribution in [2.45, 2.75) is 6.42 Å². The smallest absolute Gasteiger partial charge is 0.308 e. The first kappa shape index (κ1) is 9.07. The Morgan fingerprint density at radius 1 is 1.71 bits per heavy atom. The number of anilines is 1. The topological polar surface area (TPSA) is 83.4 Å². The van der Waals surface area contributed by atoms with Gasteiger partial charge in [0.1, 0.15) is 5.00 Å². The quantitative estimate of drug-likeness (QED) is 0.746. The Kier molecular flexibility index (Phi) is 2.16. The first-order chi connectivity index (χ1) is 6.68. The monoisotopic (exact) mass is 213 g/mol. The Bertz CT molecular complexity index is 364. The average Bonchev–Trinajstić information content (AvgIpc) is 2.71. The van der Waals surface area contributed by atoms with Gasteiger partial charge < -0.3 is 10.0 Å². The van der Waals surface area contributed by atoms with Gasteiger partial charge in [-0.3, -0.25) is 9.59 Å². The molecule has 1 aliphatic heterocycles. The largest absolute Gasteiger partial charge is 0.481 e. The third kappa shape index (κ3) is 1.46. The van der Waals surface area contributed by atoms with Crippen LogP contribution in [0.1, 0.15) is 6.42 Å². The van der Waals surface area contributed by atoms with Gasteiger partial charge in [-0.05, 0) is 0 Å².